The molecule has 2 aliphatic rings. The maximum Gasteiger partial charge on any atom is 0.307 e. The fraction of sp³-hybridized carbons (Fsp3) is 0.933. The molecule has 110 valence electrons. The topological polar surface area (TPSA) is 32.8 Å². The number of carbonyl (C=O) groups is 1. The number of ether oxygens (including phenoxy) is 1. The Labute approximate surface area is 117 Å². The summed E-state index contributed by atoms with van der Waals surface area (Å²) in [7, 11) is 3.64. The zero-order valence-corrected chi connectivity index (χ0v) is 12.8. The lowest BCUT2D eigenvalue weighted by Gasteiger charge is -2.53. The normalized spacial score (nSPS) is 29.6. The first-order valence-electron chi connectivity index (χ1n) is 7.48. The third kappa shape index (κ3) is 3.29. The highest BCUT2D eigenvalue weighted by molar-refractivity contribution is 5.70. The van der Waals surface area contributed by atoms with Crippen molar-refractivity contribution in [1.82, 2.24) is 9.80 Å². The number of likely N-dealkylation sites (N-methyl/N-ethyl adjacent to an activating group) is 1. The van der Waals surface area contributed by atoms with Gasteiger partial charge < -0.3 is 9.64 Å². The molecule has 0 bridgehead atoms. The number of nitrogens with zero attached hydrogens (tertiary/aromatic N) is 2. The zero-order chi connectivity index (χ0) is 14.0. The maximum absolute atomic E-state index is 11.7. The summed E-state index contributed by atoms with van der Waals surface area (Å²) in [5.74, 6) is -0.0842. The summed E-state index contributed by atoms with van der Waals surface area (Å²) in [6, 6.07) is 0.947. The van der Waals surface area contributed by atoms with E-state index in [1.165, 1.54) is 32.8 Å². The van der Waals surface area contributed by atoms with E-state index in [1.807, 2.05) is 0 Å². The summed E-state index contributed by atoms with van der Waals surface area (Å²) >= 11 is 0. The molecule has 2 fully saturated rings. The minimum atomic E-state index is -0.0842. The van der Waals surface area contributed by atoms with Gasteiger partial charge in [-0.3, -0.25) is 9.69 Å². The molecule has 0 aromatic heterocycles. The van der Waals surface area contributed by atoms with Crippen LogP contribution in [0.4, 0.5) is 0 Å². The maximum atomic E-state index is 11.7. The molecule has 1 saturated heterocycles. The number of hydrogen-bond acceptors (Lipinski definition) is 4. The molecule has 0 radical (unpaired) electrons. The van der Waals surface area contributed by atoms with E-state index in [-0.39, 0.29) is 11.5 Å². The number of piperazine rings is 1. The van der Waals surface area contributed by atoms with Crippen LogP contribution in [0, 0.1) is 0 Å². The molecule has 2 rings (SSSR count). The Hall–Kier alpha value is -0.610. The van der Waals surface area contributed by atoms with Gasteiger partial charge in [0.15, 0.2) is 0 Å². The van der Waals surface area contributed by atoms with Crippen molar-refractivity contribution in [3.8, 4) is 0 Å². The molecule has 19 heavy (non-hydrogen) atoms. The van der Waals surface area contributed by atoms with Gasteiger partial charge in [-0.2, -0.15) is 0 Å². The predicted octanol–water partition coefficient (Wildman–Crippen LogP) is 1.89. The molecule has 1 unspecified atom stereocenters. The predicted molar refractivity (Wildman–Crippen MR) is 76.1 cm³/mol. The van der Waals surface area contributed by atoms with Crippen LogP contribution in [-0.4, -0.2) is 60.6 Å². The highest BCUT2D eigenvalue weighted by Crippen LogP contribution is 2.35. The molecule has 4 nitrogen and oxygen atoms in total. The van der Waals surface area contributed by atoms with Gasteiger partial charge in [0.05, 0.1) is 13.5 Å². The van der Waals surface area contributed by atoms with Crippen LogP contribution in [0.2, 0.25) is 0 Å². The Kier molecular flexibility index (Phi) is 4.51. The van der Waals surface area contributed by atoms with Crippen LogP contribution in [0.15, 0.2) is 0 Å². The second-order valence-corrected chi connectivity index (χ2v) is 6.79. The van der Waals surface area contributed by atoms with E-state index in [2.05, 4.69) is 30.7 Å². The Morgan fingerprint density at radius 1 is 1.32 bits per heavy atom. The lowest BCUT2D eigenvalue weighted by Crippen LogP contribution is -2.66. The van der Waals surface area contributed by atoms with Gasteiger partial charge >= 0.3 is 5.97 Å². The first-order valence-corrected chi connectivity index (χ1v) is 7.48. The van der Waals surface area contributed by atoms with E-state index in [4.69, 9.17) is 4.74 Å². The van der Waals surface area contributed by atoms with Gasteiger partial charge in [-0.15, -0.1) is 0 Å². The van der Waals surface area contributed by atoms with Crippen LogP contribution in [0.1, 0.15) is 46.0 Å². The van der Waals surface area contributed by atoms with E-state index >= 15 is 0 Å². The first kappa shape index (κ1) is 14.8. The molecule has 1 atom stereocenters. The second-order valence-electron chi connectivity index (χ2n) is 6.79. The number of rotatable bonds is 3. The fourth-order valence-electron chi connectivity index (χ4n) is 4.16. The third-order valence-electron chi connectivity index (χ3n) is 4.62. The molecule has 1 saturated carbocycles. The van der Waals surface area contributed by atoms with Crippen LogP contribution in [0.5, 0.6) is 0 Å². The molecule has 0 aromatic rings. The van der Waals surface area contributed by atoms with Gasteiger partial charge in [-0.25, -0.2) is 0 Å². The second kappa shape index (κ2) is 5.80. The van der Waals surface area contributed by atoms with Gasteiger partial charge in [0.1, 0.15) is 0 Å². The monoisotopic (exact) mass is 268 g/mol. The smallest absolute Gasteiger partial charge is 0.307 e. The van der Waals surface area contributed by atoms with Crippen molar-refractivity contribution in [2.75, 3.05) is 27.2 Å². The van der Waals surface area contributed by atoms with E-state index < -0.39 is 0 Å². The lowest BCUT2D eigenvalue weighted by atomic mass is 9.90. The molecule has 1 heterocycles. The summed E-state index contributed by atoms with van der Waals surface area (Å²) in [6.07, 6.45) is 5.74. The Morgan fingerprint density at radius 3 is 2.53 bits per heavy atom. The molecule has 0 aromatic carbocycles. The summed E-state index contributed by atoms with van der Waals surface area (Å²) in [6.45, 7) is 6.66. The largest absolute Gasteiger partial charge is 0.469 e. The van der Waals surface area contributed by atoms with E-state index in [1.54, 1.807) is 0 Å². The average Bonchev–Trinajstić information content (AvgIpc) is 2.79. The Morgan fingerprint density at radius 2 is 1.95 bits per heavy atom. The third-order valence-corrected chi connectivity index (χ3v) is 4.62. The van der Waals surface area contributed by atoms with Gasteiger partial charge in [0.25, 0.3) is 0 Å². The van der Waals surface area contributed by atoms with Crippen molar-refractivity contribution in [3.63, 3.8) is 0 Å². The summed E-state index contributed by atoms with van der Waals surface area (Å²) in [5, 5.41) is 0. The van der Waals surface area contributed by atoms with E-state index in [9.17, 15) is 4.79 Å². The highest BCUT2D eigenvalue weighted by Gasteiger charge is 2.43. The van der Waals surface area contributed by atoms with Gasteiger partial charge in [0.2, 0.25) is 0 Å². The van der Waals surface area contributed by atoms with Crippen molar-refractivity contribution >= 4 is 5.97 Å². The van der Waals surface area contributed by atoms with Gasteiger partial charge in [-0.1, -0.05) is 12.8 Å². The van der Waals surface area contributed by atoms with Crippen molar-refractivity contribution < 1.29 is 9.53 Å². The first-order chi connectivity index (χ1) is 8.94. The number of carbonyl (C=O) groups excluding carboxylic acids is 1. The molecule has 0 spiro atoms. The Bertz CT molecular complexity index is 324. The zero-order valence-electron chi connectivity index (χ0n) is 12.8. The van der Waals surface area contributed by atoms with Crippen LogP contribution < -0.4 is 0 Å². The van der Waals surface area contributed by atoms with E-state index in [0.29, 0.717) is 18.5 Å². The molecule has 4 heteroatoms. The van der Waals surface area contributed by atoms with Gasteiger partial charge in [-0.05, 0) is 33.7 Å². The molecular formula is C15H28N2O2. The number of esters is 1. The van der Waals surface area contributed by atoms with Crippen LogP contribution in [-0.2, 0) is 9.53 Å². The standard InChI is InChI=1S/C15H28N2O2/c1-15(2)11-16(3)10-13(9-14(18)19-4)17(15)12-7-5-6-8-12/h12-13H,5-11H2,1-4H3. The van der Waals surface area contributed by atoms with Crippen molar-refractivity contribution in [2.45, 2.75) is 63.6 Å². The average molecular weight is 268 g/mol. The highest BCUT2D eigenvalue weighted by atomic mass is 16.5. The quantitative estimate of drug-likeness (QED) is 0.732. The lowest BCUT2D eigenvalue weighted by molar-refractivity contribution is -0.144. The van der Waals surface area contributed by atoms with Crippen LogP contribution in [0.25, 0.3) is 0 Å². The number of hydrogen-bond donors (Lipinski definition) is 0. The van der Waals surface area contributed by atoms with E-state index in [0.717, 1.165) is 13.1 Å². The molecule has 0 N–H and O–H groups in total. The fourth-order valence-corrected chi connectivity index (χ4v) is 4.16. The molecular weight excluding hydrogens is 240 g/mol. The molecule has 1 aliphatic heterocycles. The molecule has 0 amide bonds. The van der Waals surface area contributed by atoms with Crippen LogP contribution >= 0.6 is 0 Å². The van der Waals surface area contributed by atoms with Crippen molar-refractivity contribution in [3.05, 3.63) is 0 Å². The minimum absolute atomic E-state index is 0.0842. The minimum Gasteiger partial charge on any atom is -0.469 e. The summed E-state index contributed by atoms with van der Waals surface area (Å²) in [5.41, 5.74) is 0.140. The van der Waals surface area contributed by atoms with Crippen molar-refractivity contribution in [2.24, 2.45) is 0 Å². The van der Waals surface area contributed by atoms with Crippen LogP contribution in [0.3, 0.4) is 0 Å². The van der Waals surface area contributed by atoms with Crippen molar-refractivity contribution in [1.29, 1.82) is 0 Å². The SMILES string of the molecule is COC(=O)CC1CN(C)CC(C)(C)N1C1CCCC1. The summed E-state index contributed by atoms with van der Waals surface area (Å²) < 4.78 is 4.88. The molecule has 1 aliphatic carbocycles. The summed E-state index contributed by atoms with van der Waals surface area (Å²) in [4.78, 5) is 16.7. The Balaban J connectivity index is 2.16. The van der Waals surface area contributed by atoms with Gasteiger partial charge in [0, 0.05) is 30.7 Å². The number of methoxy groups -OCH3 is 1.